The summed E-state index contributed by atoms with van der Waals surface area (Å²) < 4.78 is 1.86. The van der Waals surface area contributed by atoms with Gasteiger partial charge in [-0.15, -0.1) is 0 Å². The zero-order valence-corrected chi connectivity index (χ0v) is 13.5. The number of imidazole rings is 1. The summed E-state index contributed by atoms with van der Waals surface area (Å²) in [5, 5.41) is 6.04. The summed E-state index contributed by atoms with van der Waals surface area (Å²) >= 11 is 0. The van der Waals surface area contributed by atoms with Gasteiger partial charge in [0.15, 0.2) is 0 Å². The van der Waals surface area contributed by atoms with E-state index in [-0.39, 0.29) is 17.6 Å². The van der Waals surface area contributed by atoms with Gasteiger partial charge in [0.2, 0.25) is 0 Å². The molecule has 6 nitrogen and oxygen atoms in total. The highest BCUT2D eigenvalue weighted by molar-refractivity contribution is 5.97. The van der Waals surface area contributed by atoms with Gasteiger partial charge < -0.3 is 15.6 Å². The Balaban J connectivity index is 1.80. The molecule has 0 saturated heterocycles. The van der Waals surface area contributed by atoms with Crippen LogP contribution in [-0.2, 0) is 0 Å². The number of H-pyrrole nitrogens is 1. The van der Waals surface area contributed by atoms with Crippen molar-refractivity contribution in [2.75, 3.05) is 19.6 Å². The molecule has 0 radical (unpaired) electrons. The number of fused-ring (bicyclic) bond motifs is 1. The Bertz CT molecular complexity index is 741. The first-order chi connectivity index (χ1) is 11.2. The fourth-order valence-electron chi connectivity index (χ4n) is 3.34. The molecule has 1 amide bonds. The largest absolute Gasteiger partial charge is 0.351 e. The number of carbonyl (C=O) groups is 1. The molecule has 1 heterocycles. The molecule has 1 fully saturated rings. The first kappa shape index (κ1) is 15.8. The zero-order chi connectivity index (χ0) is 16.2. The molecule has 0 spiro atoms. The molecule has 0 bridgehead atoms. The molecule has 1 aromatic heterocycles. The number of nitrogens with one attached hydrogen (secondary N) is 3. The van der Waals surface area contributed by atoms with Crippen LogP contribution in [0.1, 0.15) is 49.0 Å². The average molecular weight is 316 g/mol. The smallest absolute Gasteiger partial charge is 0.326 e. The van der Waals surface area contributed by atoms with Crippen molar-refractivity contribution < 1.29 is 4.79 Å². The van der Waals surface area contributed by atoms with Crippen LogP contribution >= 0.6 is 0 Å². The van der Waals surface area contributed by atoms with Gasteiger partial charge in [-0.25, -0.2) is 4.79 Å². The first-order valence-corrected chi connectivity index (χ1v) is 8.44. The van der Waals surface area contributed by atoms with Gasteiger partial charge in [0.05, 0.1) is 11.0 Å². The van der Waals surface area contributed by atoms with E-state index in [0.29, 0.717) is 12.1 Å². The van der Waals surface area contributed by atoms with Crippen molar-refractivity contribution in [1.82, 2.24) is 20.2 Å². The number of amides is 1. The molecule has 0 atom stereocenters. The Labute approximate surface area is 135 Å². The van der Waals surface area contributed by atoms with Gasteiger partial charge in [0, 0.05) is 24.7 Å². The highest BCUT2D eigenvalue weighted by Gasteiger charge is 2.21. The van der Waals surface area contributed by atoms with Gasteiger partial charge in [-0.2, -0.15) is 0 Å². The third-order valence-electron chi connectivity index (χ3n) is 4.51. The third-order valence-corrected chi connectivity index (χ3v) is 4.51. The van der Waals surface area contributed by atoms with Crippen LogP contribution < -0.4 is 16.3 Å². The number of rotatable bonds is 6. The number of aromatic nitrogens is 2. The van der Waals surface area contributed by atoms with Crippen molar-refractivity contribution in [3.05, 3.63) is 34.2 Å². The molecule has 1 saturated carbocycles. The second-order valence-electron chi connectivity index (χ2n) is 6.08. The molecule has 0 aliphatic heterocycles. The Kier molecular flexibility index (Phi) is 4.81. The summed E-state index contributed by atoms with van der Waals surface area (Å²) in [7, 11) is 0. The van der Waals surface area contributed by atoms with E-state index in [2.05, 4.69) is 15.6 Å². The van der Waals surface area contributed by atoms with Gasteiger partial charge in [-0.1, -0.05) is 19.8 Å². The lowest BCUT2D eigenvalue weighted by Gasteiger charge is -2.11. The zero-order valence-electron chi connectivity index (χ0n) is 13.5. The molecule has 1 aromatic carbocycles. The van der Waals surface area contributed by atoms with Crippen molar-refractivity contribution >= 4 is 16.9 Å². The minimum Gasteiger partial charge on any atom is -0.351 e. The molecule has 23 heavy (non-hydrogen) atoms. The van der Waals surface area contributed by atoms with Crippen LogP contribution in [0.5, 0.6) is 0 Å². The molecule has 3 N–H and O–H groups in total. The predicted molar refractivity (Wildman–Crippen MR) is 90.9 cm³/mol. The molecule has 1 aliphatic carbocycles. The molecule has 0 unspecified atom stereocenters. The molecule has 124 valence electrons. The van der Waals surface area contributed by atoms with Crippen LogP contribution in [0.15, 0.2) is 23.0 Å². The lowest BCUT2D eigenvalue weighted by molar-refractivity contribution is 0.0954. The summed E-state index contributed by atoms with van der Waals surface area (Å²) in [6, 6.07) is 5.73. The van der Waals surface area contributed by atoms with E-state index >= 15 is 0 Å². The molecule has 6 heteroatoms. The van der Waals surface area contributed by atoms with Gasteiger partial charge in [-0.3, -0.25) is 9.36 Å². The number of carbonyl (C=O) groups excluding carboxylic acids is 1. The maximum absolute atomic E-state index is 12.2. The quantitative estimate of drug-likeness (QED) is 0.711. The number of hydrogen-bond acceptors (Lipinski definition) is 3. The number of aromatic amines is 1. The predicted octanol–water partition coefficient (Wildman–Crippen LogP) is 1.78. The van der Waals surface area contributed by atoms with Crippen molar-refractivity contribution in [2.45, 2.75) is 38.6 Å². The standard InChI is InChI=1S/C17H24N4O2/c1-2-18-9-10-19-16(22)12-7-8-15-14(11-12)20-17(23)21(15)13-5-3-4-6-13/h7-8,11,13,18H,2-6,9-10H2,1H3,(H,19,22)(H,20,23). The van der Waals surface area contributed by atoms with Crippen LogP contribution in [0.2, 0.25) is 0 Å². The highest BCUT2D eigenvalue weighted by Crippen LogP contribution is 2.30. The van der Waals surface area contributed by atoms with Crippen LogP contribution in [0.4, 0.5) is 0 Å². The average Bonchev–Trinajstić information content (AvgIpc) is 3.16. The molecule has 1 aliphatic rings. The summed E-state index contributed by atoms with van der Waals surface area (Å²) in [4.78, 5) is 27.3. The van der Waals surface area contributed by atoms with E-state index in [1.807, 2.05) is 17.6 Å². The van der Waals surface area contributed by atoms with Gasteiger partial charge in [-0.05, 0) is 37.6 Å². The lowest BCUT2D eigenvalue weighted by atomic mass is 10.1. The normalized spacial score (nSPS) is 15.3. The summed E-state index contributed by atoms with van der Waals surface area (Å²) in [6.07, 6.45) is 4.46. The minimum atomic E-state index is -0.112. The number of nitrogens with zero attached hydrogens (tertiary/aromatic N) is 1. The van der Waals surface area contributed by atoms with E-state index in [1.165, 1.54) is 12.8 Å². The Morgan fingerprint density at radius 1 is 1.30 bits per heavy atom. The molecular formula is C17H24N4O2. The molecule has 3 rings (SSSR count). The van der Waals surface area contributed by atoms with E-state index in [1.54, 1.807) is 12.1 Å². The summed E-state index contributed by atoms with van der Waals surface area (Å²) in [5.41, 5.74) is 2.14. The Morgan fingerprint density at radius 3 is 2.83 bits per heavy atom. The summed E-state index contributed by atoms with van der Waals surface area (Å²) in [5.74, 6) is -0.112. The lowest BCUT2D eigenvalue weighted by Crippen LogP contribution is -2.31. The van der Waals surface area contributed by atoms with E-state index in [9.17, 15) is 9.59 Å². The topological polar surface area (TPSA) is 78.9 Å². The van der Waals surface area contributed by atoms with Crippen LogP contribution in [0.25, 0.3) is 11.0 Å². The van der Waals surface area contributed by atoms with Crippen molar-refractivity contribution in [1.29, 1.82) is 0 Å². The van der Waals surface area contributed by atoms with Crippen molar-refractivity contribution in [2.24, 2.45) is 0 Å². The van der Waals surface area contributed by atoms with Crippen molar-refractivity contribution in [3.8, 4) is 0 Å². The third kappa shape index (κ3) is 3.32. The molecular weight excluding hydrogens is 292 g/mol. The van der Waals surface area contributed by atoms with Gasteiger partial charge >= 0.3 is 5.69 Å². The van der Waals surface area contributed by atoms with E-state index in [0.717, 1.165) is 37.0 Å². The number of benzene rings is 1. The SMILES string of the molecule is CCNCCNC(=O)c1ccc2c(c1)[nH]c(=O)n2C1CCCC1. The van der Waals surface area contributed by atoms with Crippen molar-refractivity contribution in [3.63, 3.8) is 0 Å². The van der Waals surface area contributed by atoms with E-state index < -0.39 is 0 Å². The van der Waals surface area contributed by atoms with Gasteiger partial charge in [0.25, 0.3) is 5.91 Å². The highest BCUT2D eigenvalue weighted by atomic mass is 16.2. The van der Waals surface area contributed by atoms with Crippen LogP contribution in [0.3, 0.4) is 0 Å². The van der Waals surface area contributed by atoms with Gasteiger partial charge in [0.1, 0.15) is 0 Å². The Hall–Kier alpha value is -2.08. The number of likely N-dealkylation sites (N-methyl/N-ethyl adjacent to an activating group) is 1. The summed E-state index contributed by atoms with van der Waals surface area (Å²) in [6.45, 7) is 4.25. The minimum absolute atomic E-state index is 0.0726. The first-order valence-electron chi connectivity index (χ1n) is 8.44. The monoisotopic (exact) mass is 316 g/mol. The second-order valence-corrected chi connectivity index (χ2v) is 6.08. The Morgan fingerprint density at radius 2 is 2.09 bits per heavy atom. The number of hydrogen-bond donors (Lipinski definition) is 3. The molecule has 2 aromatic rings. The van der Waals surface area contributed by atoms with Crippen LogP contribution in [0, 0.1) is 0 Å². The fourth-order valence-corrected chi connectivity index (χ4v) is 3.34. The maximum Gasteiger partial charge on any atom is 0.326 e. The fraction of sp³-hybridized carbons (Fsp3) is 0.529. The van der Waals surface area contributed by atoms with Crippen LogP contribution in [-0.4, -0.2) is 35.1 Å². The maximum atomic E-state index is 12.2. The van der Waals surface area contributed by atoms with E-state index in [4.69, 9.17) is 0 Å². The second kappa shape index (κ2) is 7.00.